The number of benzene rings is 1. The first-order valence-electron chi connectivity index (χ1n) is 9.01. The van der Waals surface area contributed by atoms with Crippen molar-refractivity contribution in [3.05, 3.63) is 34.3 Å². The summed E-state index contributed by atoms with van der Waals surface area (Å²) >= 11 is 3.50. The van der Waals surface area contributed by atoms with Gasteiger partial charge in [-0.15, -0.1) is 0 Å². The smallest absolute Gasteiger partial charge is 0.410 e. The van der Waals surface area contributed by atoms with Gasteiger partial charge in [-0.05, 0) is 65.2 Å². The van der Waals surface area contributed by atoms with E-state index in [-0.39, 0.29) is 0 Å². The maximum absolute atomic E-state index is 12.6. The summed E-state index contributed by atoms with van der Waals surface area (Å²) in [5, 5.41) is 2.87. The summed E-state index contributed by atoms with van der Waals surface area (Å²) in [6.45, 7) is 9.46. The minimum absolute atomic E-state index is 0.297. The molecule has 0 saturated heterocycles. The lowest BCUT2D eigenvalue weighted by Crippen LogP contribution is -2.56. The van der Waals surface area contributed by atoms with Gasteiger partial charge in [-0.3, -0.25) is 4.90 Å². The molecule has 1 aliphatic rings. The average molecular weight is 441 g/mol. The molecule has 27 heavy (non-hydrogen) atoms. The molecule has 7 heteroatoms. The van der Waals surface area contributed by atoms with Gasteiger partial charge in [-0.25, -0.2) is 9.59 Å². The molecule has 150 valence electrons. The van der Waals surface area contributed by atoms with E-state index in [9.17, 15) is 9.59 Å². The highest BCUT2D eigenvalue weighted by atomic mass is 79.9. The van der Waals surface area contributed by atoms with Crippen LogP contribution in [-0.4, -0.2) is 41.9 Å². The van der Waals surface area contributed by atoms with Gasteiger partial charge in [-0.2, -0.15) is 0 Å². The van der Waals surface area contributed by atoms with Crippen LogP contribution >= 0.6 is 15.9 Å². The maximum atomic E-state index is 12.6. The molecule has 1 saturated carbocycles. The van der Waals surface area contributed by atoms with Gasteiger partial charge < -0.3 is 14.8 Å². The summed E-state index contributed by atoms with van der Waals surface area (Å²) in [6.07, 6.45) is 0.776. The van der Waals surface area contributed by atoms with Crippen molar-refractivity contribution in [3.63, 3.8) is 0 Å². The number of hydrogen-bond acceptors (Lipinski definition) is 4. The summed E-state index contributed by atoms with van der Waals surface area (Å²) in [6, 6.07) is 7.95. The highest BCUT2D eigenvalue weighted by Gasteiger charge is 2.53. The third kappa shape index (κ3) is 5.61. The van der Waals surface area contributed by atoms with E-state index in [0.29, 0.717) is 6.54 Å². The van der Waals surface area contributed by atoms with Gasteiger partial charge in [0.25, 0.3) is 0 Å². The quantitative estimate of drug-likeness (QED) is 0.712. The predicted molar refractivity (Wildman–Crippen MR) is 108 cm³/mol. The first kappa shape index (κ1) is 21.5. The number of alkyl carbamates (subject to hydrolysis) is 1. The Kier molecular flexibility index (Phi) is 6.14. The third-order valence-corrected chi connectivity index (χ3v) is 4.88. The molecule has 6 nitrogen and oxygen atoms in total. The fraction of sp³-hybridized carbons (Fsp3) is 0.600. The number of halogens is 1. The molecule has 1 aromatic rings. The zero-order chi connectivity index (χ0) is 20.5. The van der Waals surface area contributed by atoms with Gasteiger partial charge in [-0.1, -0.05) is 28.1 Å². The van der Waals surface area contributed by atoms with Crippen molar-refractivity contribution in [1.29, 1.82) is 0 Å². The second-order valence-corrected chi connectivity index (χ2v) is 9.52. The Morgan fingerprint density at radius 2 is 1.85 bits per heavy atom. The van der Waals surface area contributed by atoms with E-state index in [2.05, 4.69) is 21.2 Å². The Morgan fingerprint density at radius 1 is 1.22 bits per heavy atom. The average Bonchev–Trinajstić information content (AvgIpc) is 3.31. The van der Waals surface area contributed by atoms with Gasteiger partial charge >= 0.3 is 12.2 Å². The van der Waals surface area contributed by atoms with Crippen LogP contribution in [-0.2, 0) is 15.0 Å². The molecule has 1 aliphatic carbocycles. The van der Waals surface area contributed by atoms with Crippen LogP contribution in [0.25, 0.3) is 0 Å². The molecule has 1 N–H and O–H groups in total. The molecule has 0 unspecified atom stereocenters. The first-order valence-corrected chi connectivity index (χ1v) is 9.81. The van der Waals surface area contributed by atoms with Crippen molar-refractivity contribution in [1.82, 2.24) is 10.2 Å². The molecule has 1 aromatic carbocycles. The molecular formula is C20H29BrN2O4. The van der Waals surface area contributed by atoms with Crippen LogP contribution in [0.3, 0.4) is 0 Å². The fourth-order valence-electron chi connectivity index (χ4n) is 3.13. The molecule has 1 fully saturated rings. The SMILES string of the molecule is COC(=O)N(CC(C)(C)NC(=O)OC(C)(C)C)C1(c2cccc(Br)c2)CC1. The van der Waals surface area contributed by atoms with E-state index in [1.54, 1.807) is 4.90 Å². The Hall–Kier alpha value is -1.76. The van der Waals surface area contributed by atoms with Crippen molar-refractivity contribution < 1.29 is 19.1 Å². The lowest BCUT2D eigenvalue weighted by Gasteiger charge is -2.38. The second-order valence-electron chi connectivity index (χ2n) is 8.61. The van der Waals surface area contributed by atoms with Crippen LogP contribution in [0.2, 0.25) is 0 Å². The number of methoxy groups -OCH3 is 1. The molecule has 0 atom stereocenters. The number of nitrogens with one attached hydrogen (secondary N) is 1. The Morgan fingerprint density at radius 3 is 2.33 bits per heavy atom. The molecule has 0 bridgehead atoms. The van der Waals surface area contributed by atoms with E-state index in [4.69, 9.17) is 9.47 Å². The van der Waals surface area contributed by atoms with Crippen LogP contribution in [0.15, 0.2) is 28.7 Å². The highest BCUT2D eigenvalue weighted by molar-refractivity contribution is 9.10. The molecule has 0 heterocycles. The number of hydrogen-bond donors (Lipinski definition) is 1. The zero-order valence-corrected chi connectivity index (χ0v) is 18.5. The maximum Gasteiger partial charge on any atom is 0.410 e. The van der Waals surface area contributed by atoms with Crippen LogP contribution in [0.4, 0.5) is 9.59 Å². The van der Waals surface area contributed by atoms with E-state index < -0.39 is 28.9 Å². The summed E-state index contributed by atoms with van der Waals surface area (Å²) in [5.41, 5.74) is -0.645. The molecule has 0 radical (unpaired) electrons. The van der Waals surface area contributed by atoms with Gasteiger partial charge in [0.15, 0.2) is 0 Å². The zero-order valence-electron chi connectivity index (χ0n) is 16.9. The second kappa shape index (κ2) is 7.70. The Bertz CT molecular complexity index is 708. The lowest BCUT2D eigenvalue weighted by atomic mass is 9.99. The van der Waals surface area contributed by atoms with Crippen LogP contribution < -0.4 is 5.32 Å². The van der Waals surface area contributed by atoms with Crippen molar-refractivity contribution >= 4 is 28.1 Å². The molecule has 0 aliphatic heterocycles. The lowest BCUT2D eigenvalue weighted by molar-refractivity contribution is 0.0407. The van der Waals surface area contributed by atoms with Crippen molar-refractivity contribution in [2.45, 2.75) is 64.1 Å². The topological polar surface area (TPSA) is 67.9 Å². The molecular weight excluding hydrogens is 412 g/mol. The molecule has 0 spiro atoms. The summed E-state index contributed by atoms with van der Waals surface area (Å²) < 4.78 is 11.4. The number of nitrogens with zero attached hydrogens (tertiary/aromatic N) is 1. The van der Waals surface area contributed by atoms with Gasteiger partial charge in [0.2, 0.25) is 0 Å². The number of carbonyl (C=O) groups excluding carboxylic acids is 2. The van der Waals surface area contributed by atoms with Crippen LogP contribution in [0.5, 0.6) is 0 Å². The monoisotopic (exact) mass is 440 g/mol. The highest BCUT2D eigenvalue weighted by Crippen LogP contribution is 2.52. The number of amides is 2. The van der Waals surface area contributed by atoms with E-state index in [1.807, 2.05) is 58.9 Å². The molecule has 2 amide bonds. The predicted octanol–water partition coefficient (Wildman–Crippen LogP) is 4.81. The summed E-state index contributed by atoms with van der Waals surface area (Å²) in [4.78, 5) is 26.5. The summed E-state index contributed by atoms with van der Waals surface area (Å²) in [7, 11) is 1.38. The standard InChI is InChI=1S/C20H29BrN2O4/c1-18(2,3)27-16(24)22-19(4,5)13-23(17(25)26-6)20(10-11-20)14-8-7-9-15(21)12-14/h7-9,12H,10-11,13H2,1-6H3,(H,22,24). The van der Waals surface area contributed by atoms with Crippen molar-refractivity contribution in [2.24, 2.45) is 0 Å². The van der Waals surface area contributed by atoms with E-state index >= 15 is 0 Å². The minimum Gasteiger partial charge on any atom is -0.453 e. The largest absolute Gasteiger partial charge is 0.453 e. The van der Waals surface area contributed by atoms with Crippen LogP contribution in [0, 0.1) is 0 Å². The van der Waals surface area contributed by atoms with E-state index in [0.717, 1.165) is 22.9 Å². The first-order chi connectivity index (χ1) is 12.4. The fourth-order valence-corrected chi connectivity index (χ4v) is 3.53. The number of ether oxygens (including phenoxy) is 2. The van der Waals surface area contributed by atoms with Gasteiger partial charge in [0.05, 0.1) is 18.2 Å². The third-order valence-electron chi connectivity index (χ3n) is 4.39. The minimum atomic E-state index is -0.696. The Labute approximate surface area is 169 Å². The number of rotatable bonds is 5. The number of carbonyl (C=O) groups is 2. The van der Waals surface area contributed by atoms with Crippen molar-refractivity contribution in [3.8, 4) is 0 Å². The normalized spacial score (nSPS) is 15.7. The Balaban J connectivity index is 2.22. The van der Waals surface area contributed by atoms with Crippen LogP contribution in [0.1, 0.15) is 53.0 Å². The van der Waals surface area contributed by atoms with Gasteiger partial charge in [0, 0.05) is 11.0 Å². The van der Waals surface area contributed by atoms with Gasteiger partial charge in [0.1, 0.15) is 5.60 Å². The summed E-state index contributed by atoms with van der Waals surface area (Å²) in [5.74, 6) is 0. The van der Waals surface area contributed by atoms with Crippen molar-refractivity contribution in [2.75, 3.05) is 13.7 Å². The van der Waals surface area contributed by atoms with E-state index in [1.165, 1.54) is 7.11 Å². The molecule has 0 aromatic heterocycles. The molecule has 2 rings (SSSR count).